The van der Waals surface area contributed by atoms with Gasteiger partial charge in [-0.3, -0.25) is 9.48 Å². The number of alkyl carbamates (subject to hydrolysis) is 1. The number of hydrogen-bond donors (Lipinski definition) is 3. The second kappa shape index (κ2) is 8.93. The van der Waals surface area contributed by atoms with Crippen LogP contribution in [0.1, 0.15) is 27.5 Å². The number of aromatic carboxylic acids is 1. The van der Waals surface area contributed by atoms with Gasteiger partial charge in [0, 0.05) is 13.0 Å². The van der Waals surface area contributed by atoms with Crippen LogP contribution >= 0.6 is 0 Å². The Labute approximate surface area is 192 Å². The van der Waals surface area contributed by atoms with Gasteiger partial charge in [0.1, 0.15) is 6.61 Å². The van der Waals surface area contributed by atoms with Gasteiger partial charge in [0.2, 0.25) is 0 Å². The number of aromatic nitrogens is 2. The van der Waals surface area contributed by atoms with Crippen molar-refractivity contribution in [2.45, 2.75) is 11.8 Å². The summed E-state index contributed by atoms with van der Waals surface area (Å²) in [4.78, 5) is 35.3. The van der Waals surface area contributed by atoms with Gasteiger partial charge >= 0.3 is 18.0 Å². The van der Waals surface area contributed by atoms with Crippen molar-refractivity contribution in [3.8, 4) is 11.1 Å². The maximum absolute atomic E-state index is 14.3. The van der Waals surface area contributed by atoms with Crippen LogP contribution < -0.4 is 10.6 Å². The highest BCUT2D eigenvalue weighted by Crippen LogP contribution is 2.44. The summed E-state index contributed by atoms with van der Waals surface area (Å²) in [6.45, 7) is -1.41. The van der Waals surface area contributed by atoms with Gasteiger partial charge in [0.05, 0.1) is 18.4 Å². The fourth-order valence-corrected chi connectivity index (χ4v) is 3.91. The third-order valence-electron chi connectivity index (χ3n) is 5.52. The number of amides is 2. The van der Waals surface area contributed by atoms with Gasteiger partial charge in [-0.05, 0) is 22.3 Å². The smallest absolute Gasteiger partial charge is 0.407 e. The minimum Gasteiger partial charge on any atom is -0.476 e. The van der Waals surface area contributed by atoms with Gasteiger partial charge in [-0.15, -0.1) is 0 Å². The second-order valence-corrected chi connectivity index (χ2v) is 7.67. The highest BCUT2D eigenvalue weighted by molar-refractivity contribution is 6.02. The quantitative estimate of drug-likeness (QED) is 0.487. The van der Waals surface area contributed by atoms with Crippen LogP contribution in [0.15, 0.2) is 54.7 Å². The van der Waals surface area contributed by atoms with Crippen molar-refractivity contribution < 1.29 is 33.0 Å². The van der Waals surface area contributed by atoms with Crippen LogP contribution in [-0.2, 0) is 16.6 Å². The summed E-state index contributed by atoms with van der Waals surface area (Å²) in [7, 11) is 1.29. The zero-order chi connectivity index (χ0) is 24.5. The zero-order valence-corrected chi connectivity index (χ0v) is 17.9. The van der Waals surface area contributed by atoms with Crippen LogP contribution in [0.5, 0.6) is 0 Å². The fourth-order valence-electron chi connectivity index (χ4n) is 3.91. The van der Waals surface area contributed by atoms with E-state index < -0.39 is 36.1 Å². The molecule has 0 aliphatic heterocycles. The van der Waals surface area contributed by atoms with Crippen molar-refractivity contribution in [1.29, 1.82) is 0 Å². The molecule has 3 aromatic rings. The Morgan fingerprint density at radius 2 is 1.68 bits per heavy atom. The normalized spacial score (nSPS) is 12.6. The van der Waals surface area contributed by atoms with E-state index in [1.54, 1.807) is 0 Å². The number of carboxylic acid groups (broad SMARTS) is 1. The maximum Gasteiger partial charge on any atom is 0.407 e. The summed E-state index contributed by atoms with van der Waals surface area (Å²) in [6, 6.07) is 15.3. The van der Waals surface area contributed by atoms with Crippen molar-refractivity contribution in [2.75, 3.05) is 18.5 Å². The molecule has 4 rings (SSSR count). The van der Waals surface area contributed by atoms with E-state index in [1.807, 2.05) is 59.2 Å². The van der Waals surface area contributed by atoms with Crippen molar-refractivity contribution in [3.05, 3.63) is 71.5 Å². The molecule has 9 nitrogen and oxygen atoms in total. The lowest BCUT2D eigenvalue weighted by Gasteiger charge is -2.18. The van der Waals surface area contributed by atoms with E-state index in [4.69, 9.17) is 9.84 Å². The Morgan fingerprint density at radius 3 is 2.26 bits per heavy atom. The molecule has 34 heavy (non-hydrogen) atoms. The fraction of sp³-hybridized carbons (Fsp3) is 0.217. The maximum atomic E-state index is 14.3. The second-order valence-electron chi connectivity index (χ2n) is 7.67. The average molecular weight is 470 g/mol. The predicted molar refractivity (Wildman–Crippen MR) is 117 cm³/mol. The van der Waals surface area contributed by atoms with Crippen molar-refractivity contribution in [2.24, 2.45) is 7.05 Å². The van der Waals surface area contributed by atoms with Crippen LogP contribution in [0, 0.1) is 0 Å². The van der Waals surface area contributed by atoms with Gasteiger partial charge in [0.25, 0.3) is 5.91 Å². The van der Waals surface area contributed by atoms with Crippen LogP contribution in [0.2, 0.25) is 0 Å². The third-order valence-corrected chi connectivity index (χ3v) is 5.52. The largest absolute Gasteiger partial charge is 0.476 e. The molecule has 1 aliphatic carbocycles. The van der Waals surface area contributed by atoms with E-state index in [-0.39, 0.29) is 18.2 Å². The first-order chi connectivity index (χ1) is 16.2. The molecule has 0 saturated carbocycles. The lowest BCUT2D eigenvalue weighted by molar-refractivity contribution is -0.138. The molecule has 11 heteroatoms. The Bertz CT molecular complexity index is 1230. The number of hydrogen-bond acceptors (Lipinski definition) is 5. The molecule has 0 radical (unpaired) electrons. The van der Waals surface area contributed by atoms with E-state index in [2.05, 4.69) is 5.10 Å². The number of carbonyl (C=O) groups is 3. The highest BCUT2D eigenvalue weighted by atomic mass is 19.3. The number of anilines is 1. The minimum atomic E-state index is -4.03. The van der Waals surface area contributed by atoms with E-state index in [0.29, 0.717) is 0 Å². The first-order valence-corrected chi connectivity index (χ1v) is 10.2. The van der Waals surface area contributed by atoms with Crippen LogP contribution in [0.3, 0.4) is 0 Å². The topological polar surface area (TPSA) is 123 Å². The molecule has 0 unspecified atom stereocenters. The number of aryl methyl sites for hydroxylation is 1. The number of nitrogens with one attached hydrogen (secondary N) is 2. The van der Waals surface area contributed by atoms with Gasteiger partial charge in [-0.25, -0.2) is 9.59 Å². The van der Waals surface area contributed by atoms with Gasteiger partial charge in [0.15, 0.2) is 5.69 Å². The molecule has 0 atom stereocenters. The number of nitrogens with zero attached hydrogens (tertiary/aromatic N) is 2. The Morgan fingerprint density at radius 1 is 1.09 bits per heavy atom. The third kappa shape index (κ3) is 4.32. The molecule has 0 bridgehead atoms. The SMILES string of the molecule is Cn1ncc(NC(=O)C(F)(F)CNC(=O)OCC2c3ccccc3-c3ccccc32)c1C(=O)O. The molecule has 1 heterocycles. The molecule has 3 N–H and O–H groups in total. The van der Waals surface area contributed by atoms with Gasteiger partial charge in [-0.2, -0.15) is 13.9 Å². The average Bonchev–Trinajstić information content (AvgIpc) is 3.34. The van der Waals surface area contributed by atoms with Crippen molar-refractivity contribution in [1.82, 2.24) is 15.1 Å². The Kier molecular flexibility index (Phi) is 6.01. The lowest BCUT2D eigenvalue weighted by atomic mass is 9.98. The lowest BCUT2D eigenvalue weighted by Crippen LogP contribution is -2.45. The first kappa shape index (κ1) is 22.9. The summed E-state index contributed by atoms with van der Waals surface area (Å²) in [5.74, 6) is -7.52. The summed E-state index contributed by atoms with van der Waals surface area (Å²) in [5, 5.41) is 16.5. The number of ether oxygens (including phenoxy) is 1. The van der Waals surface area contributed by atoms with E-state index in [0.717, 1.165) is 33.1 Å². The Balaban J connectivity index is 1.35. The number of halogens is 2. The number of alkyl halides is 2. The first-order valence-electron chi connectivity index (χ1n) is 10.2. The van der Waals surface area contributed by atoms with E-state index in [9.17, 15) is 23.2 Å². The molecular formula is C23H20F2N4O5. The molecule has 0 fully saturated rings. The zero-order valence-electron chi connectivity index (χ0n) is 17.9. The molecule has 2 aromatic carbocycles. The number of fused-ring (bicyclic) bond motifs is 3. The van der Waals surface area contributed by atoms with Gasteiger partial charge < -0.3 is 20.5 Å². The number of carbonyl (C=O) groups excluding carboxylic acids is 2. The van der Waals surface area contributed by atoms with Crippen LogP contribution in [0.4, 0.5) is 19.3 Å². The van der Waals surface area contributed by atoms with Gasteiger partial charge in [-0.1, -0.05) is 48.5 Å². The Hall–Kier alpha value is -4.28. The van der Waals surface area contributed by atoms with Crippen molar-refractivity contribution in [3.63, 3.8) is 0 Å². The predicted octanol–water partition coefficient (Wildman–Crippen LogP) is 3.23. The number of benzene rings is 2. The summed E-state index contributed by atoms with van der Waals surface area (Å²) in [5.41, 5.74) is 3.12. The molecule has 0 spiro atoms. The standard InChI is InChI=1S/C23H20F2N4O5/c1-29-19(20(30)31)18(10-27-29)28-21(32)23(24,25)12-26-22(33)34-11-17-15-8-4-2-6-13(15)14-7-3-5-9-16(14)17/h2-10,17H,11-12H2,1H3,(H,26,33)(H,28,32)(H,30,31). The molecule has 0 saturated heterocycles. The molecule has 1 aromatic heterocycles. The molecular weight excluding hydrogens is 450 g/mol. The minimum absolute atomic E-state index is 0.0741. The monoisotopic (exact) mass is 470 g/mol. The number of carboxylic acids is 1. The van der Waals surface area contributed by atoms with Crippen LogP contribution in [0.25, 0.3) is 11.1 Å². The summed E-state index contributed by atoms with van der Waals surface area (Å²) < 4.78 is 34.7. The van der Waals surface area contributed by atoms with Crippen molar-refractivity contribution >= 4 is 23.7 Å². The number of rotatable bonds is 7. The summed E-state index contributed by atoms with van der Waals surface area (Å²) >= 11 is 0. The van der Waals surface area contributed by atoms with E-state index in [1.165, 1.54) is 7.05 Å². The van der Waals surface area contributed by atoms with Crippen LogP contribution in [-0.4, -0.2) is 51.9 Å². The van der Waals surface area contributed by atoms with E-state index >= 15 is 0 Å². The highest BCUT2D eigenvalue weighted by Gasteiger charge is 2.40. The molecule has 1 aliphatic rings. The molecule has 2 amide bonds. The molecule has 176 valence electrons. The summed E-state index contributed by atoms with van der Waals surface area (Å²) in [6.07, 6.45) is -0.168.